The Morgan fingerprint density at radius 2 is 1.70 bits per heavy atom. The molecule has 0 N–H and O–H groups in total. The maximum absolute atomic E-state index is 5.29. The van der Waals surface area contributed by atoms with Gasteiger partial charge >= 0.3 is 20.1 Å². The Balaban J connectivity index is 0.000000285. The van der Waals surface area contributed by atoms with Crippen molar-refractivity contribution in [2.24, 2.45) is 0 Å². The largest absolute Gasteiger partial charge is 3.00 e. The van der Waals surface area contributed by atoms with E-state index in [2.05, 4.69) is 47.2 Å². The first-order chi connectivity index (χ1) is 12.5. The molecule has 0 saturated carbocycles. The summed E-state index contributed by atoms with van der Waals surface area (Å²) < 4.78 is 0. The Hall–Kier alpha value is -2.48. The maximum atomic E-state index is 5.29. The molecular weight excluding hydrogens is 508 g/mol. The summed E-state index contributed by atoms with van der Waals surface area (Å²) in [6.45, 7) is 14.7. The number of fused-ring (bicyclic) bond motifs is 6. The predicted octanol–water partition coefficient (Wildman–Crippen LogP) is 6.19. The first-order valence-electron chi connectivity index (χ1n) is 8.51. The zero-order chi connectivity index (χ0) is 18.7. The van der Waals surface area contributed by atoms with Gasteiger partial charge in [0.1, 0.15) is 0 Å². The van der Waals surface area contributed by atoms with Crippen LogP contribution in [0.3, 0.4) is 0 Å². The van der Waals surface area contributed by atoms with Gasteiger partial charge in [0, 0.05) is 11.7 Å². The average Bonchev–Trinajstić information content (AvgIpc) is 2.61. The summed E-state index contributed by atoms with van der Waals surface area (Å²) in [4.78, 5) is 9.24. The standard InChI is InChI=1S/C17H11N2.C7H10.Ir/c1-11-10-18-16-14-8-4-2-6-12(14)13-7-3-5-9-15(13)17(16)19-11;1-6(2)5-7(3)4;/h2-7,9-10H,1H3;1,5H,3H2,2,4H3;/q-1;-2;+3/b;7-5+;. The van der Waals surface area contributed by atoms with Crippen LogP contribution < -0.4 is 0 Å². The SMILES string of the molecule is Cc1cnc2c3[c-]cccc3c3ccccc3c2n1.[CH-]=C(C)/C=C(\[CH2-])C.[Ir+3]. The minimum absolute atomic E-state index is 0. The van der Waals surface area contributed by atoms with Crippen LogP contribution in [0, 0.1) is 26.5 Å². The van der Waals surface area contributed by atoms with Gasteiger partial charge in [-0.3, -0.25) is 11.6 Å². The van der Waals surface area contributed by atoms with E-state index >= 15 is 0 Å². The van der Waals surface area contributed by atoms with Crippen LogP contribution in [0.25, 0.3) is 32.6 Å². The van der Waals surface area contributed by atoms with Crippen molar-refractivity contribution in [2.45, 2.75) is 20.8 Å². The van der Waals surface area contributed by atoms with E-state index in [1.54, 1.807) is 0 Å². The third-order valence-corrected chi connectivity index (χ3v) is 3.93. The monoisotopic (exact) mass is 530 g/mol. The Morgan fingerprint density at radius 1 is 1.04 bits per heavy atom. The number of allylic oxidation sites excluding steroid dienone is 3. The quantitative estimate of drug-likeness (QED) is 0.167. The summed E-state index contributed by atoms with van der Waals surface area (Å²) >= 11 is 0. The molecule has 0 aliphatic rings. The molecule has 0 spiro atoms. The first-order valence-corrected chi connectivity index (χ1v) is 8.51. The second-order valence-electron chi connectivity index (χ2n) is 6.45. The van der Waals surface area contributed by atoms with Crippen LogP contribution in [-0.4, -0.2) is 9.97 Å². The maximum Gasteiger partial charge on any atom is 3.00 e. The van der Waals surface area contributed by atoms with Crippen LogP contribution in [0.4, 0.5) is 0 Å². The van der Waals surface area contributed by atoms with Crippen LogP contribution >= 0.6 is 0 Å². The molecule has 0 radical (unpaired) electrons. The second-order valence-corrected chi connectivity index (χ2v) is 6.45. The minimum atomic E-state index is 0. The molecule has 0 aliphatic heterocycles. The molecule has 4 aromatic rings. The zero-order valence-corrected chi connectivity index (χ0v) is 18.1. The molecule has 0 fully saturated rings. The Morgan fingerprint density at radius 3 is 2.33 bits per heavy atom. The fraction of sp³-hybridized carbons (Fsp3) is 0.125. The zero-order valence-electron chi connectivity index (χ0n) is 15.7. The van der Waals surface area contributed by atoms with Gasteiger partial charge in [0.05, 0.1) is 11.2 Å². The van der Waals surface area contributed by atoms with Gasteiger partial charge in [0.25, 0.3) is 0 Å². The second kappa shape index (κ2) is 8.94. The molecule has 0 saturated heterocycles. The molecule has 0 bridgehead atoms. The molecule has 4 rings (SSSR count). The Labute approximate surface area is 174 Å². The van der Waals surface area contributed by atoms with E-state index in [1.165, 1.54) is 10.8 Å². The molecule has 3 heteroatoms. The van der Waals surface area contributed by atoms with Crippen molar-refractivity contribution in [3.63, 3.8) is 0 Å². The van der Waals surface area contributed by atoms with Crippen molar-refractivity contribution in [2.75, 3.05) is 0 Å². The van der Waals surface area contributed by atoms with Gasteiger partial charge in [0.15, 0.2) is 0 Å². The summed E-state index contributed by atoms with van der Waals surface area (Å²) in [7, 11) is 0. The number of benzene rings is 3. The van der Waals surface area contributed by atoms with Crippen molar-refractivity contribution in [3.05, 3.63) is 91.1 Å². The molecule has 0 aliphatic carbocycles. The normalized spacial score (nSPS) is 11.0. The number of aromatic nitrogens is 2. The van der Waals surface area contributed by atoms with E-state index in [-0.39, 0.29) is 20.1 Å². The minimum Gasteiger partial charge on any atom is -0.301 e. The van der Waals surface area contributed by atoms with E-state index in [4.69, 9.17) is 6.58 Å². The van der Waals surface area contributed by atoms with Gasteiger partial charge in [-0.2, -0.15) is 0 Å². The summed E-state index contributed by atoms with van der Waals surface area (Å²) in [5.41, 5.74) is 4.64. The average molecular weight is 530 g/mol. The van der Waals surface area contributed by atoms with Crippen LogP contribution in [0.5, 0.6) is 0 Å². The fourth-order valence-electron chi connectivity index (χ4n) is 3.02. The van der Waals surface area contributed by atoms with Crippen molar-refractivity contribution < 1.29 is 20.1 Å². The van der Waals surface area contributed by atoms with E-state index < -0.39 is 0 Å². The van der Waals surface area contributed by atoms with Crippen molar-refractivity contribution in [3.8, 4) is 0 Å². The molecule has 0 unspecified atom stereocenters. The van der Waals surface area contributed by atoms with Crippen LogP contribution in [0.15, 0.2) is 65.9 Å². The number of hydrogen-bond acceptors (Lipinski definition) is 2. The first kappa shape index (κ1) is 20.8. The Bertz CT molecular complexity index is 1100. The molecule has 27 heavy (non-hydrogen) atoms. The molecule has 1 heterocycles. The molecule has 136 valence electrons. The summed E-state index contributed by atoms with van der Waals surface area (Å²) in [6.07, 6.45) is 3.65. The van der Waals surface area contributed by atoms with Crippen molar-refractivity contribution in [1.29, 1.82) is 0 Å². The third kappa shape index (κ3) is 4.63. The van der Waals surface area contributed by atoms with Gasteiger partial charge in [-0.15, -0.1) is 29.7 Å². The summed E-state index contributed by atoms with van der Waals surface area (Å²) in [6, 6.07) is 17.7. The predicted molar refractivity (Wildman–Crippen MR) is 111 cm³/mol. The third-order valence-electron chi connectivity index (χ3n) is 3.93. The molecule has 0 atom stereocenters. The van der Waals surface area contributed by atoms with Gasteiger partial charge in [0.2, 0.25) is 0 Å². The molecule has 2 nitrogen and oxygen atoms in total. The molecule has 0 amide bonds. The van der Waals surface area contributed by atoms with Gasteiger partial charge in [-0.1, -0.05) is 48.9 Å². The molecular formula is C24H21IrN2. The van der Waals surface area contributed by atoms with Crippen molar-refractivity contribution in [1.82, 2.24) is 9.97 Å². The van der Waals surface area contributed by atoms with Gasteiger partial charge in [-0.05, 0) is 12.3 Å². The van der Waals surface area contributed by atoms with E-state index in [9.17, 15) is 0 Å². The Kier molecular flexibility index (Phi) is 6.90. The smallest absolute Gasteiger partial charge is 0.301 e. The van der Waals surface area contributed by atoms with Crippen LogP contribution in [0.1, 0.15) is 19.5 Å². The number of rotatable bonds is 1. The molecule has 3 aromatic carbocycles. The van der Waals surface area contributed by atoms with Crippen LogP contribution in [-0.2, 0) is 20.1 Å². The fourth-order valence-corrected chi connectivity index (χ4v) is 3.02. The topological polar surface area (TPSA) is 25.8 Å². The van der Waals surface area contributed by atoms with Gasteiger partial charge < -0.3 is 4.98 Å². The van der Waals surface area contributed by atoms with Crippen LogP contribution in [0.2, 0.25) is 0 Å². The number of hydrogen-bond donors (Lipinski definition) is 0. The molecule has 1 aromatic heterocycles. The summed E-state index contributed by atoms with van der Waals surface area (Å²) in [5.74, 6) is 0. The van der Waals surface area contributed by atoms with E-state index in [1.807, 2.05) is 51.2 Å². The van der Waals surface area contributed by atoms with E-state index in [0.717, 1.165) is 38.6 Å². The summed E-state index contributed by atoms with van der Waals surface area (Å²) in [5, 5.41) is 4.59. The van der Waals surface area contributed by atoms with Crippen molar-refractivity contribution >= 4 is 32.6 Å². The number of nitrogens with zero attached hydrogens (tertiary/aromatic N) is 2. The van der Waals surface area contributed by atoms with E-state index in [0.29, 0.717) is 0 Å². The number of aryl methyl sites for hydroxylation is 1. The van der Waals surface area contributed by atoms with Gasteiger partial charge in [-0.25, -0.2) is 24.1 Å².